The van der Waals surface area contributed by atoms with Crippen LogP contribution in [0.4, 0.5) is 11.4 Å². The van der Waals surface area contributed by atoms with Gasteiger partial charge in [0.1, 0.15) is 11.5 Å². The van der Waals surface area contributed by atoms with Crippen molar-refractivity contribution >= 4 is 29.2 Å². The fourth-order valence-corrected chi connectivity index (χ4v) is 3.15. The van der Waals surface area contributed by atoms with E-state index < -0.39 is 11.9 Å². The summed E-state index contributed by atoms with van der Waals surface area (Å²) >= 11 is 0. The molecule has 33 heavy (non-hydrogen) atoms. The zero-order chi connectivity index (χ0) is 23.8. The number of carboxylic acid groups (broad SMARTS) is 1. The Bertz CT molecular complexity index is 1160. The molecule has 3 aromatic rings. The SMILES string of the molecule is CCOc1cc(NC(=O)c2ccccc2C(=O)O)c(OCC)cc1NC(=O)c1ccccc1. The second kappa shape index (κ2) is 10.8. The van der Waals surface area contributed by atoms with Crippen molar-refractivity contribution in [3.8, 4) is 11.5 Å². The number of anilines is 2. The summed E-state index contributed by atoms with van der Waals surface area (Å²) in [6.07, 6.45) is 0. The van der Waals surface area contributed by atoms with Crippen LogP contribution in [-0.2, 0) is 0 Å². The molecule has 0 bridgehead atoms. The minimum absolute atomic E-state index is 0.00636. The van der Waals surface area contributed by atoms with Crippen LogP contribution < -0.4 is 20.1 Å². The molecule has 0 fully saturated rings. The number of carbonyl (C=O) groups is 3. The van der Waals surface area contributed by atoms with Crippen molar-refractivity contribution in [1.29, 1.82) is 0 Å². The van der Waals surface area contributed by atoms with E-state index in [1.807, 2.05) is 6.07 Å². The maximum absolute atomic E-state index is 12.9. The molecule has 0 aliphatic carbocycles. The highest BCUT2D eigenvalue weighted by atomic mass is 16.5. The second-order valence-electron chi connectivity index (χ2n) is 6.84. The quantitative estimate of drug-likeness (QED) is 0.438. The summed E-state index contributed by atoms with van der Waals surface area (Å²) in [5.41, 5.74) is 1.01. The summed E-state index contributed by atoms with van der Waals surface area (Å²) in [4.78, 5) is 37.0. The van der Waals surface area contributed by atoms with Crippen LogP contribution in [0, 0.1) is 0 Å². The summed E-state index contributed by atoms with van der Waals surface area (Å²) in [5, 5.41) is 14.9. The Morgan fingerprint density at radius 2 is 1.21 bits per heavy atom. The number of nitrogens with one attached hydrogen (secondary N) is 2. The van der Waals surface area contributed by atoms with E-state index in [1.165, 1.54) is 18.2 Å². The molecule has 0 atom stereocenters. The Hall–Kier alpha value is -4.33. The van der Waals surface area contributed by atoms with Gasteiger partial charge in [0.2, 0.25) is 0 Å². The maximum Gasteiger partial charge on any atom is 0.336 e. The molecule has 3 aromatic carbocycles. The molecule has 0 aliphatic rings. The van der Waals surface area contributed by atoms with Gasteiger partial charge in [-0.05, 0) is 38.1 Å². The first-order chi connectivity index (χ1) is 15.9. The number of benzene rings is 3. The minimum Gasteiger partial charge on any atom is -0.492 e. The van der Waals surface area contributed by atoms with Gasteiger partial charge < -0.3 is 25.2 Å². The first-order valence-corrected chi connectivity index (χ1v) is 10.4. The Labute approximate surface area is 191 Å². The summed E-state index contributed by atoms with van der Waals surface area (Å²) in [5.74, 6) is -1.53. The number of amides is 2. The lowest BCUT2D eigenvalue weighted by Crippen LogP contribution is -2.18. The van der Waals surface area contributed by atoms with E-state index in [4.69, 9.17) is 9.47 Å². The minimum atomic E-state index is -1.21. The topological polar surface area (TPSA) is 114 Å². The monoisotopic (exact) mass is 448 g/mol. The number of carboxylic acids is 1. The van der Waals surface area contributed by atoms with Gasteiger partial charge in [0, 0.05) is 17.7 Å². The molecule has 0 unspecified atom stereocenters. The highest BCUT2D eigenvalue weighted by molar-refractivity contribution is 6.11. The molecule has 0 saturated carbocycles. The average Bonchev–Trinajstić information content (AvgIpc) is 2.82. The first kappa shape index (κ1) is 23.3. The molecule has 0 radical (unpaired) electrons. The normalized spacial score (nSPS) is 10.2. The van der Waals surface area contributed by atoms with Crippen LogP contribution in [-0.4, -0.2) is 36.1 Å². The number of hydrogen-bond acceptors (Lipinski definition) is 5. The van der Waals surface area contributed by atoms with Crippen LogP contribution in [0.15, 0.2) is 66.7 Å². The van der Waals surface area contributed by atoms with Crippen LogP contribution in [0.25, 0.3) is 0 Å². The van der Waals surface area contributed by atoms with Gasteiger partial charge in [0.05, 0.1) is 35.7 Å². The van der Waals surface area contributed by atoms with Gasteiger partial charge >= 0.3 is 5.97 Å². The van der Waals surface area contributed by atoms with E-state index in [0.29, 0.717) is 36.0 Å². The van der Waals surface area contributed by atoms with Crippen LogP contribution >= 0.6 is 0 Å². The van der Waals surface area contributed by atoms with Crippen molar-refractivity contribution < 1.29 is 29.0 Å². The first-order valence-electron chi connectivity index (χ1n) is 10.4. The van der Waals surface area contributed by atoms with E-state index in [-0.39, 0.29) is 22.7 Å². The Balaban J connectivity index is 1.96. The fourth-order valence-electron chi connectivity index (χ4n) is 3.15. The van der Waals surface area contributed by atoms with Crippen LogP contribution in [0.5, 0.6) is 11.5 Å². The van der Waals surface area contributed by atoms with Crippen molar-refractivity contribution in [2.24, 2.45) is 0 Å². The molecule has 8 nitrogen and oxygen atoms in total. The lowest BCUT2D eigenvalue weighted by atomic mass is 10.1. The molecular weight excluding hydrogens is 424 g/mol. The van der Waals surface area contributed by atoms with Crippen molar-refractivity contribution in [2.45, 2.75) is 13.8 Å². The number of hydrogen-bond donors (Lipinski definition) is 3. The van der Waals surface area contributed by atoms with Gasteiger partial charge in [-0.15, -0.1) is 0 Å². The van der Waals surface area contributed by atoms with E-state index in [0.717, 1.165) is 0 Å². The predicted molar refractivity (Wildman–Crippen MR) is 125 cm³/mol. The Morgan fingerprint density at radius 3 is 1.73 bits per heavy atom. The van der Waals surface area contributed by atoms with Gasteiger partial charge in [0.25, 0.3) is 11.8 Å². The summed E-state index contributed by atoms with van der Waals surface area (Å²) in [6, 6.07) is 17.7. The standard InChI is InChI=1S/C25H24N2O6/c1-3-32-21-15-20(27-24(29)17-12-8-9-13-18(17)25(30)31)22(33-4-2)14-19(21)26-23(28)16-10-6-5-7-11-16/h5-15H,3-4H2,1-2H3,(H,26,28)(H,27,29)(H,30,31). The average molecular weight is 448 g/mol. The molecule has 0 aromatic heterocycles. The Morgan fingerprint density at radius 1 is 0.727 bits per heavy atom. The van der Waals surface area contributed by atoms with E-state index >= 15 is 0 Å². The van der Waals surface area contributed by atoms with Crippen LogP contribution in [0.3, 0.4) is 0 Å². The third-order valence-electron chi connectivity index (χ3n) is 4.62. The zero-order valence-corrected chi connectivity index (χ0v) is 18.3. The van der Waals surface area contributed by atoms with Crippen molar-refractivity contribution in [3.63, 3.8) is 0 Å². The molecule has 0 spiro atoms. The largest absolute Gasteiger partial charge is 0.492 e. The summed E-state index contributed by atoms with van der Waals surface area (Å²) in [7, 11) is 0. The number of aromatic carboxylic acids is 1. The highest BCUT2D eigenvalue weighted by Gasteiger charge is 2.20. The highest BCUT2D eigenvalue weighted by Crippen LogP contribution is 2.37. The molecule has 0 aliphatic heterocycles. The van der Waals surface area contributed by atoms with Crippen molar-refractivity contribution in [1.82, 2.24) is 0 Å². The lowest BCUT2D eigenvalue weighted by molar-refractivity contribution is 0.0692. The van der Waals surface area contributed by atoms with Gasteiger partial charge in [-0.25, -0.2) is 4.79 Å². The van der Waals surface area contributed by atoms with Gasteiger partial charge in [0.15, 0.2) is 0 Å². The molecule has 170 valence electrons. The lowest BCUT2D eigenvalue weighted by Gasteiger charge is -2.18. The Kier molecular flexibility index (Phi) is 7.64. The molecule has 8 heteroatoms. The summed E-state index contributed by atoms with van der Waals surface area (Å²) < 4.78 is 11.4. The zero-order valence-electron chi connectivity index (χ0n) is 18.3. The molecule has 0 heterocycles. The van der Waals surface area contributed by atoms with Crippen molar-refractivity contribution in [3.05, 3.63) is 83.4 Å². The third kappa shape index (κ3) is 5.68. The number of ether oxygens (including phenoxy) is 2. The fraction of sp³-hybridized carbons (Fsp3) is 0.160. The summed E-state index contributed by atoms with van der Waals surface area (Å²) in [6.45, 7) is 4.19. The molecule has 0 saturated heterocycles. The molecular formula is C25H24N2O6. The predicted octanol–water partition coefficient (Wildman–Crippen LogP) is 4.69. The maximum atomic E-state index is 12.9. The van der Waals surface area contributed by atoms with Gasteiger partial charge in [-0.2, -0.15) is 0 Å². The molecule has 3 rings (SSSR count). The van der Waals surface area contributed by atoms with Gasteiger partial charge in [-0.3, -0.25) is 9.59 Å². The number of rotatable bonds is 9. The van der Waals surface area contributed by atoms with Gasteiger partial charge in [-0.1, -0.05) is 30.3 Å². The van der Waals surface area contributed by atoms with E-state index in [2.05, 4.69) is 10.6 Å². The second-order valence-corrected chi connectivity index (χ2v) is 6.84. The molecule has 3 N–H and O–H groups in total. The van der Waals surface area contributed by atoms with E-state index in [1.54, 1.807) is 56.3 Å². The van der Waals surface area contributed by atoms with Crippen LogP contribution in [0.1, 0.15) is 44.9 Å². The number of carbonyl (C=O) groups excluding carboxylic acids is 2. The molecule has 2 amide bonds. The van der Waals surface area contributed by atoms with Crippen molar-refractivity contribution in [2.75, 3.05) is 23.8 Å². The van der Waals surface area contributed by atoms with E-state index in [9.17, 15) is 19.5 Å². The third-order valence-corrected chi connectivity index (χ3v) is 4.62. The smallest absolute Gasteiger partial charge is 0.336 e. The van der Waals surface area contributed by atoms with Crippen LogP contribution in [0.2, 0.25) is 0 Å².